The molecule has 2 aliphatic heterocycles. The van der Waals surface area contributed by atoms with Crippen LogP contribution in [0.5, 0.6) is 0 Å². The third-order valence-electron chi connectivity index (χ3n) is 5.36. The molecule has 2 amide bonds. The summed E-state index contributed by atoms with van der Waals surface area (Å²) in [5.74, 6) is -0.609. The molecule has 0 aromatic heterocycles. The first kappa shape index (κ1) is 20.6. The van der Waals surface area contributed by atoms with Crippen LogP contribution in [-0.4, -0.2) is 44.3 Å². The molecule has 0 saturated carbocycles. The van der Waals surface area contributed by atoms with Crippen molar-refractivity contribution in [3.63, 3.8) is 0 Å². The van der Waals surface area contributed by atoms with Gasteiger partial charge in [0, 0.05) is 20.0 Å². The molecule has 1 aromatic carbocycles. The van der Waals surface area contributed by atoms with Crippen molar-refractivity contribution in [1.82, 2.24) is 5.32 Å². The largest absolute Gasteiger partial charge is 0.442 e. The summed E-state index contributed by atoms with van der Waals surface area (Å²) >= 11 is 0. The molecule has 2 fully saturated rings. The second-order valence-electron chi connectivity index (χ2n) is 8.03. The van der Waals surface area contributed by atoms with Gasteiger partial charge in [0.1, 0.15) is 11.9 Å². The Morgan fingerprint density at radius 1 is 1.48 bits per heavy atom. The summed E-state index contributed by atoms with van der Waals surface area (Å²) in [5, 5.41) is 2.62. The maximum absolute atomic E-state index is 14.9. The van der Waals surface area contributed by atoms with Crippen molar-refractivity contribution in [2.45, 2.75) is 33.3 Å². The number of carbonyl (C=O) groups is 2. The zero-order chi connectivity index (χ0) is 21.2. The lowest BCUT2D eigenvalue weighted by molar-refractivity contribution is -0.119. The number of ether oxygens (including phenoxy) is 1. The van der Waals surface area contributed by atoms with Gasteiger partial charge in [0.2, 0.25) is 5.91 Å². The molecule has 3 rings (SSSR count). The Bertz CT molecular complexity index is 890. The van der Waals surface area contributed by atoms with Crippen LogP contribution in [0.15, 0.2) is 30.0 Å². The highest BCUT2D eigenvalue weighted by Gasteiger charge is 2.34. The minimum Gasteiger partial charge on any atom is -0.442 e. The van der Waals surface area contributed by atoms with Crippen molar-refractivity contribution in [2.75, 3.05) is 36.0 Å². The highest BCUT2D eigenvalue weighted by atomic mass is 19.1. The number of halogens is 1. The minimum absolute atomic E-state index is 0.200. The van der Waals surface area contributed by atoms with Gasteiger partial charge in [-0.1, -0.05) is 19.4 Å². The molecule has 0 unspecified atom stereocenters. The smallest absolute Gasteiger partial charge is 0.414 e. The predicted molar refractivity (Wildman–Crippen MR) is 108 cm³/mol. The molecule has 0 radical (unpaired) electrons. The van der Waals surface area contributed by atoms with Gasteiger partial charge < -0.3 is 15.0 Å². The summed E-state index contributed by atoms with van der Waals surface area (Å²) in [4.78, 5) is 29.9. The average Bonchev–Trinajstić information content (AvgIpc) is 3.02. The quantitative estimate of drug-likeness (QED) is 0.788. The van der Waals surface area contributed by atoms with E-state index in [2.05, 4.69) is 24.0 Å². The number of cyclic esters (lactones) is 1. The number of hydrogen-bond donors (Lipinski definition) is 1. The number of nitrogens with zero attached hydrogens (tertiary/aromatic N) is 3. The molecule has 0 spiro atoms. The van der Waals surface area contributed by atoms with E-state index in [0.29, 0.717) is 30.9 Å². The number of piperidine rings is 1. The number of carbonyl (C=O) groups excluding carboxylic acids is 2. The second-order valence-corrected chi connectivity index (χ2v) is 8.03. The number of benzene rings is 1. The van der Waals surface area contributed by atoms with Gasteiger partial charge in [-0.3, -0.25) is 9.69 Å². The molecule has 1 N–H and O–H groups in total. The summed E-state index contributed by atoms with van der Waals surface area (Å²) in [7, 11) is 0. The van der Waals surface area contributed by atoms with Gasteiger partial charge in [0.15, 0.2) is 6.20 Å². The topological polar surface area (TPSA) is 66.2 Å². The molecule has 0 bridgehead atoms. The first-order valence-electron chi connectivity index (χ1n) is 9.54. The van der Waals surface area contributed by atoms with Crippen molar-refractivity contribution in [2.24, 2.45) is 5.41 Å². The van der Waals surface area contributed by atoms with E-state index in [1.807, 2.05) is 4.90 Å². The number of nitrogens with one attached hydrogen (secondary N) is 1. The third kappa shape index (κ3) is 4.50. The van der Waals surface area contributed by atoms with Gasteiger partial charge in [0.25, 0.3) is 0 Å². The zero-order valence-electron chi connectivity index (χ0n) is 16.9. The van der Waals surface area contributed by atoms with Crippen LogP contribution >= 0.6 is 0 Å². The van der Waals surface area contributed by atoms with Gasteiger partial charge in [-0.2, -0.15) is 0 Å². The second kappa shape index (κ2) is 8.11. The van der Waals surface area contributed by atoms with Crippen molar-refractivity contribution in [3.8, 4) is 0 Å². The van der Waals surface area contributed by atoms with Gasteiger partial charge >= 0.3 is 6.09 Å². The van der Waals surface area contributed by atoms with E-state index in [1.54, 1.807) is 18.3 Å². The SMILES string of the molecule is [C-]#[N+]C=C1CCN(c2ccc(N3C[C@H](CNC(C)=O)OC3=O)cc2F)CC1(C)C. The van der Waals surface area contributed by atoms with E-state index in [1.165, 1.54) is 17.9 Å². The fraction of sp³-hybridized carbons (Fsp3) is 0.476. The summed E-state index contributed by atoms with van der Waals surface area (Å²) in [6.45, 7) is 14.3. The molecule has 29 heavy (non-hydrogen) atoms. The van der Waals surface area contributed by atoms with Crippen LogP contribution in [0.4, 0.5) is 20.6 Å². The normalized spacial score (nSPS) is 22.4. The summed E-state index contributed by atoms with van der Waals surface area (Å²) < 4.78 is 20.2. The predicted octanol–water partition coefficient (Wildman–Crippen LogP) is 3.33. The standard InChI is InChI=1S/C21H25FN4O3/c1-14(27)24-11-17-12-26(20(28)29-17)16-5-6-19(18(22)9-16)25-8-7-15(10-23-4)21(2,3)13-25/h5-6,9-10,17H,7-8,11-13H2,1-3H3,(H,24,27)/t17-/m0/s1. The number of anilines is 2. The molecular formula is C21H25FN4O3. The van der Waals surface area contributed by atoms with Crippen LogP contribution in [-0.2, 0) is 9.53 Å². The van der Waals surface area contributed by atoms with E-state index in [9.17, 15) is 14.0 Å². The summed E-state index contributed by atoms with van der Waals surface area (Å²) in [6, 6.07) is 4.73. The molecular weight excluding hydrogens is 375 g/mol. The Hall–Kier alpha value is -3.08. The number of amides is 2. The van der Waals surface area contributed by atoms with Crippen molar-refractivity contribution >= 4 is 23.4 Å². The molecule has 7 nitrogen and oxygen atoms in total. The lowest BCUT2D eigenvalue weighted by Crippen LogP contribution is -2.42. The first-order chi connectivity index (χ1) is 13.7. The first-order valence-corrected chi connectivity index (χ1v) is 9.54. The highest BCUT2D eigenvalue weighted by molar-refractivity contribution is 5.90. The lowest BCUT2D eigenvalue weighted by Gasteiger charge is -2.41. The highest BCUT2D eigenvalue weighted by Crippen LogP contribution is 2.38. The summed E-state index contributed by atoms with van der Waals surface area (Å²) in [5.41, 5.74) is 1.76. The van der Waals surface area contributed by atoms with E-state index < -0.39 is 18.0 Å². The van der Waals surface area contributed by atoms with E-state index in [4.69, 9.17) is 11.3 Å². The van der Waals surface area contributed by atoms with E-state index >= 15 is 0 Å². The van der Waals surface area contributed by atoms with Crippen LogP contribution in [0.1, 0.15) is 27.2 Å². The van der Waals surface area contributed by atoms with Gasteiger partial charge in [-0.05, 0) is 30.0 Å². The van der Waals surface area contributed by atoms with Gasteiger partial charge in [-0.25, -0.2) is 14.0 Å². The molecule has 8 heteroatoms. The van der Waals surface area contributed by atoms with Gasteiger partial charge in [-0.15, -0.1) is 0 Å². The van der Waals surface area contributed by atoms with Crippen LogP contribution < -0.4 is 15.1 Å². The minimum atomic E-state index is -0.555. The van der Waals surface area contributed by atoms with Crippen molar-refractivity contribution < 1.29 is 18.7 Å². The Balaban J connectivity index is 1.73. The molecule has 1 atom stereocenters. The molecule has 0 aliphatic carbocycles. The van der Waals surface area contributed by atoms with Crippen LogP contribution in [0.3, 0.4) is 0 Å². The molecule has 2 aliphatic rings. The monoisotopic (exact) mass is 400 g/mol. The number of rotatable bonds is 4. The van der Waals surface area contributed by atoms with Crippen LogP contribution in [0.2, 0.25) is 0 Å². The Kier molecular flexibility index (Phi) is 5.78. The van der Waals surface area contributed by atoms with E-state index in [0.717, 1.165) is 5.57 Å². The van der Waals surface area contributed by atoms with Crippen molar-refractivity contribution in [3.05, 3.63) is 47.2 Å². The summed E-state index contributed by atoms with van der Waals surface area (Å²) in [6.07, 6.45) is 1.26. The Morgan fingerprint density at radius 3 is 2.86 bits per heavy atom. The van der Waals surface area contributed by atoms with Crippen molar-refractivity contribution in [1.29, 1.82) is 0 Å². The third-order valence-corrected chi connectivity index (χ3v) is 5.36. The molecule has 154 valence electrons. The molecule has 1 aromatic rings. The Morgan fingerprint density at radius 2 is 2.24 bits per heavy atom. The van der Waals surface area contributed by atoms with Crippen LogP contribution in [0, 0.1) is 17.8 Å². The van der Waals surface area contributed by atoms with Gasteiger partial charge in [0.05, 0.1) is 31.0 Å². The molecule has 2 saturated heterocycles. The van der Waals surface area contributed by atoms with E-state index in [-0.39, 0.29) is 24.4 Å². The fourth-order valence-corrected chi connectivity index (χ4v) is 3.79. The maximum atomic E-state index is 14.9. The van der Waals surface area contributed by atoms with Crippen LogP contribution in [0.25, 0.3) is 4.85 Å². The number of hydrogen-bond acceptors (Lipinski definition) is 4. The molecule has 2 heterocycles. The lowest BCUT2D eigenvalue weighted by atomic mass is 9.79. The zero-order valence-corrected chi connectivity index (χ0v) is 16.9. The average molecular weight is 400 g/mol. The Labute approximate surface area is 169 Å². The fourth-order valence-electron chi connectivity index (χ4n) is 3.79. The maximum Gasteiger partial charge on any atom is 0.414 e.